The number of hydrogen-bond donors (Lipinski definition) is 1. The van der Waals surface area contributed by atoms with Gasteiger partial charge in [-0.25, -0.2) is 0 Å². The number of aromatic nitrogens is 1. The van der Waals surface area contributed by atoms with Gasteiger partial charge in [0.05, 0.1) is 6.10 Å². The van der Waals surface area contributed by atoms with Crippen molar-refractivity contribution < 1.29 is 4.74 Å². The number of rotatable bonds is 2. The lowest BCUT2D eigenvalue weighted by atomic mass is 9.74. The molecule has 1 fully saturated rings. The summed E-state index contributed by atoms with van der Waals surface area (Å²) >= 11 is 0. The summed E-state index contributed by atoms with van der Waals surface area (Å²) in [5.41, 5.74) is 11.0. The molecule has 2 N–H and O–H groups in total. The van der Waals surface area contributed by atoms with Gasteiger partial charge in [0.2, 0.25) is 0 Å². The Labute approximate surface area is 122 Å². The van der Waals surface area contributed by atoms with Gasteiger partial charge in [0.15, 0.2) is 0 Å². The number of fused-ring (bicyclic) bond motifs is 1. The summed E-state index contributed by atoms with van der Waals surface area (Å²) in [7, 11) is 1.84. The van der Waals surface area contributed by atoms with Gasteiger partial charge in [-0.3, -0.25) is 0 Å². The predicted octanol–water partition coefficient (Wildman–Crippen LogP) is 3.51. The van der Waals surface area contributed by atoms with E-state index in [0.717, 1.165) is 19.3 Å². The van der Waals surface area contributed by atoms with Gasteiger partial charge in [0.25, 0.3) is 0 Å². The molecule has 0 aromatic carbocycles. The number of nitrogens with two attached hydrogens (primary N) is 1. The van der Waals surface area contributed by atoms with Crippen molar-refractivity contribution >= 4 is 0 Å². The maximum Gasteiger partial charge on any atom is 0.0591 e. The molecular formula is C17H28N2O. The first-order valence-electron chi connectivity index (χ1n) is 7.90. The first kappa shape index (κ1) is 14.2. The zero-order valence-electron chi connectivity index (χ0n) is 13.3. The molecule has 3 unspecified atom stereocenters. The van der Waals surface area contributed by atoms with Crippen LogP contribution in [0.2, 0.25) is 0 Å². The van der Waals surface area contributed by atoms with Crippen LogP contribution in [0.25, 0.3) is 0 Å². The zero-order chi connectivity index (χ0) is 14.5. The smallest absolute Gasteiger partial charge is 0.0591 e. The summed E-state index contributed by atoms with van der Waals surface area (Å²) in [4.78, 5) is 0. The summed E-state index contributed by atoms with van der Waals surface area (Å²) in [6.45, 7) is 6.92. The molecule has 20 heavy (non-hydrogen) atoms. The average molecular weight is 276 g/mol. The van der Waals surface area contributed by atoms with Crippen molar-refractivity contribution in [1.29, 1.82) is 0 Å². The molecule has 1 aromatic heterocycles. The molecule has 3 atom stereocenters. The molecular weight excluding hydrogens is 248 g/mol. The molecule has 3 rings (SSSR count). The molecule has 2 aliphatic carbocycles. The van der Waals surface area contributed by atoms with E-state index in [9.17, 15) is 0 Å². The third kappa shape index (κ3) is 2.31. The summed E-state index contributed by atoms with van der Waals surface area (Å²) in [5.74, 6) is 0. The zero-order valence-corrected chi connectivity index (χ0v) is 13.3. The molecule has 112 valence electrons. The lowest BCUT2D eigenvalue weighted by molar-refractivity contribution is 0.105. The number of aryl methyl sites for hydroxylation is 1. The lowest BCUT2D eigenvalue weighted by Crippen LogP contribution is -2.31. The Morgan fingerprint density at radius 1 is 1.35 bits per heavy atom. The van der Waals surface area contributed by atoms with Gasteiger partial charge < -0.3 is 15.0 Å². The van der Waals surface area contributed by atoms with Crippen molar-refractivity contribution in [1.82, 2.24) is 4.57 Å². The standard InChI is InChI=1S/C17H28N2O/c1-11-7-14-15(18)9-17(2,3)10-16(14)19(11)12-5-6-13(8-12)20-4/h7,12-13,15H,5-6,8-10,18H2,1-4H3. The van der Waals surface area contributed by atoms with Crippen LogP contribution in [-0.2, 0) is 11.2 Å². The summed E-state index contributed by atoms with van der Waals surface area (Å²) in [5, 5.41) is 0. The highest BCUT2D eigenvalue weighted by Crippen LogP contribution is 2.44. The normalized spacial score (nSPS) is 32.4. The molecule has 2 aliphatic rings. The van der Waals surface area contributed by atoms with Crippen molar-refractivity contribution in [3.05, 3.63) is 23.0 Å². The summed E-state index contributed by atoms with van der Waals surface area (Å²) < 4.78 is 8.13. The fourth-order valence-corrected chi connectivity index (χ4v) is 4.34. The van der Waals surface area contributed by atoms with Crippen LogP contribution in [0.5, 0.6) is 0 Å². The van der Waals surface area contributed by atoms with Crippen molar-refractivity contribution in [3.8, 4) is 0 Å². The molecule has 0 spiro atoms. The minimum Gasteiger partial charge on any atom is -0.381 e. The maximum absolute atomic E-state index is 6.42. The summed E-state index contributed by atoms with van der Waals surface area (Å²) in [6, 6.07) is 3.13. The fourth-order valence-electron chi connectivity index (χ4n) is 4.34. The minimum atomic E-state index is 0.202. The highest BCUT2D eigenvalue weighted by molar-refractivity contribution is 5.34. The molecule has 1 heterocycles. The van der Waals surface area contributed by atoms with Gasteiger partial charge >= 0.3 is 0 Å². The van der Waals surface area contributed by atoms with E-state index in [0.29, 0.717) is 17.6 Å². The van der Waals surface area contributed by atoms with E-state index in [-0.39, 0.29) is 6.04 Å². The molecule has 0 bridgehead atoms. The fraction of sp³-hybridized carbons (Fsp3) is 0.765. The third-order valence-electron chi connectivity index (χ3n) is 5.24. The van der Waals surface area contributed by atoms with Crippen LogP contribution in [0.4, 0.5) is 0 Å². The topological polar surface area (TPSA) is 40.2 Å². The maximum atomic E-state index is 6.42. The largest absolute Gasteiger partial charge is 0.381 e. The Morgan fingerprint density at radius 3 is 2.75 bits per heavy atom. The van der Waals surface area contributed by atoms with Gasteiger partial charge in [0.1, 0.15) is 0 Å². The van der Waals surface area contributed by atoms with Crippen molar-refractivity contribution in [2.24, 2.45) is 11.1 Å². The van der Waals surface area contributed by atoms with Crippen molar-refractivity contribution in [3.63, 3.8) is 0 Å². The molecule has 0 aliphatic heterocycles. The lowest BCUT2D eigenvalue weighted by Gasteiger charge is -2.35. The number of hydrogen-bond acceptors (Lipinski definition) is 2. The van der Waals surface area contributed by atoms with Crippen LogP contribution in [0, 0.1) is 12.3 Å². The first-order chi connectivity index (χ1) is 9.41. The van der Waals surface area contributed by atoms with E-state index >= 15 is 0 Å². The third-order valence-corrected chi connectivity index (χ3v) is 5.24. The monoisotopic (exact) mass is 276 g/mol. The predicted molar refractivity (Wildman–Crippen MR) is 81.9 cm³/mol. The van der Waals surface area contributed by atoms with Gasteiger partial charge in [-0.2, -0.15) is 0 Å². The quantitative estimate of drug-likeness (QED) is 0.898. The van der Waals surface area contributed by atoms with E-state index in [1.165, 1.54) is 29.8 Å². The van der Waals surface area contributed by atoms with Crippen LogP contribution in [0.15, 0.2) is 6.07 Å². The van der Waals surface area contributed by atoms with Crippen LogP contribution in [0.3, 0.4) is 0 Å². The highest BCUT2D eigenvalue weighted by Gasteiger charge is 2.36. The highest BCUT2D eigenvalue weighted by atomic mass is 16.5. The Kier molecular flexibility index (Phi) is 3.46. The first-order valence-corrected chi connectivity index (χ1v) is 7.90. The minimum absolute atomic E-state index is 0.202. The molecule has 0 amide bonds. The summed E-state index contributed by atoms with van der Waals surface area (Å²) in [6.07, 6.45) is 6.24. The van der Waals surface area contributed by atoms with Gasteiger partial charge in [-0.05, 0) is 56.1 Å². The number of ether oxygens (including phenoxy) is 1. The molecule has 0 radical (unpaired) electrons. The Bertz CT molecular complexity index is 503. The second kappa shape index (κ2) is 4.88. The van der Waals surface area contributed by atoms with Crippen molar-refractivity contribution in [2.75, 3.05) is 7.11 Å². The van der Waals surface area contributed by atoms with Crippen molar-refractivity contribution in [2.45, 2.75) is 71.1 Å². The molecule has 3 nitrogen and oxygen atoms in total. The average Bonchev–Trinajstić information content (AvgIpc) is 2.92. The SMILES string of the molecule is COC1CCC(n2c(C)cc3c2CC(C)(C)CC3N)C1. The van der Waals surface area contributed by atoms with Gasteiger partial charge in [0, 0.05) is 30.6 Å². The molecule has 1 aromatic rings. The van der Waals surface area contributed by atoms with Crippen LogP contribution in [-0.4, -0.2) is 17.8 Å². The van der Waals surface area contributed by atoms with E-state index in [4.69, 9.17) is 10.5 Å². The molecule has 0 saturated heterocycles. The van der Waals surface area contributed by atoms with E-state index in [2.05, 4.69) is 31.4 Å². The molecule has 1 saturated carbocycles. The van der Waals surface area contributed by atoms with Crippen LogP contribution in [0.1, 0.15) is 68.6 Å². The Morgan fingerprint density at radius 2 is 2.10 bits per heavy atom. The Hall–Kier alpha value is -0.800. The number of methoxy groups -OCH3 is 1. The van der Waals surface area contributed by atoms with E-state index in [1.807, 2.05) is 7.11 Å². The van der Waals surface area contributed by atoms with E-state index in [1.54, 1.807) is 0 Å². The Balaban J connectivity index is 1.97. The van der Waals surface area contributed by atoms with Crippen LogP contribution < -0.4 is 5.73 Å². The van der Waals surface area contributed by atoms with Gasteiger partial charge in [-0.15, -0.1) is 0 Å². The number of nitrogens with zero attached hydrogens (tertiary/aromatic N) is 1. The van der Waals surface area contributed by atoms with Gasteiger partial charge in [-0.1, -0.05) is 13.8 Å². The second-order valence-electron chi connectivity index (χ2n) is 7.53. The van der Waals surface area contributed by atoms with E-state index < -0.39 is 0 Å². The molecule has 3 heteroatoms. The van der Waals surface area contributed by atoms with Crippen LogP contribution >= 0.6 is 0 Å². The second-order valence-corrected chi connectivity index (χ2v) is 7.53.